The van der Waals surface area contributed by atoms with E-state index < -0.39 is 17.7 Å². The lowest BCUT2D eigenvalue weighted by Gasteiger charge is -2.26. The molecule has 8 heteroatoms. The van der Waals surface area contributed by atoms with Gasteiger partial charge < -0.3 is 29.0 Å². The summed E-state index contributed by atoms with van der Waals surface area (Å²) in [6.45, 7) is 2.76. The molecule has 1 aliphatic heterocycles. The second kappa shape index (κ2) is 12.4. The van der Waals surface area contributed by atoms with Gasteiger partial charge in [0.15, 0.2) is 11.5 Å². The predicted octanol–water partition coefficient (Wildman–Crippen LogP) is 5.51. The highest BCUT2D eigenvalue weighted by Crippen LogP contribution is 2.46. The van der Waals surface area contributed by atoms with Crippen LogP contribution in [0.3, 0.4) is 0 Å². The van der Waals surface area contributed by atoms with E-state index in [1.165, 1.54) is 26.2 Å². The van der Waals surface area contributed by atoms with Crippen molar-refractivity contribution in [1.82, 2.24) is 4.90 Å². The van der Waals surface area contributed by atoms with Gasteiger partial charge in [-0.3, -0.25) is 9.59 Å². The number of methoxy groups -OCH3 is 3. The Hall–Kier alpha value is -4.46. The Morgan fingerprint density at radius 1 is 0.897 bits per heavy atom. The topological polar surface area (TPSA) is 94.5 Å². The van der Waals surface area contributed by atoms with Crippen LogP contribution in [-0.2, 0) is 16.1 Å². The van der Waals surface area contributed by atoms with E-state index in [2.05, 4.69) is 6.92 Å². The van der Waals surface area contributed by atoms with Crippen molar-refractivity contribution in [2.24, 2.45) is 0 Å². The smallest absolute Gasteiger partial charge is 0.295 e. The number of benzene rings is 3. The van der Waals surface area contributed by atoms with Gasteiger partial charge in [-0.2, -0.15) is 0 Å². The zero-order valence-electron chi connectivity index (χ0n) is 22.6. The highest BCUT2D eigenvalue weighted by atomic mass is 16.5. The van der Waals surface area contributed by atoms with Crippen LogP contribution in [0.5, 0.6) is 23.0 Å². The SMILES string of the molecule is CCCCOc1cccc(C(O)=C2C(=O)C(=O)N(Cc3ccccc3)C2c2cc(OC)c(OC)c(OC)c2)c1. The van der Waals surface area contributed by atoms with Gasteiger partial charge in [0, 0.05) is 12.1 Å². The summed E-state index contributed by atoms with van der Waals surface area (Å²) in [5.74, 6) is -0.111. The summed E-state index contributed by atoms with van der Waals surface area (Å²) >= 11 is 0. The number of hydrogen-bond donors (Lipinski definition) is 1. The van der Waals surface area contributed by atoms with E-state index in [0.29, 0.717) is 40.7 Å². The lowest BCUT2D eigenvalue weighted by molar-refractivity contribution is -0.140. The number of nitrogens with zero attached hydrogens (tertiary/aromatic N) is 1. The molecule has 0 aliphatic carbocycles. The highest BCUT2D eigenvalue weighted by Gasteiger charge is 2.46. The first-order valence-corrected chi connectivity index (χ1v) is 12.8. The molecule has 39 heavy (non-hydrogen) atoms. The Kier molecular flexibility index (Phi) is 8.76. The predicted molar refractivity (Wildman–Crippen MR) is 147 cm³/mol. The van der Waals surface area contributed by atoms with E-state index >= 15 is 0 Å². The summed E-state index contributed by atoms with van der Waals surface area (Å²) in [5.41, 5.74) is 1.70. The van der Waals surface area contributed by atoms with Gasteiger partial charge in [-0.15, -0.1) is 0 Å². The molecule has 0 bridgehead atoms. The van der Waals surface area contributed by atoms with Crippen LogP contribution in [0.2, 0.25) is 0 Å². The maximum Gasteiger partial charge on any atom is 0.295 e. The van der Waals surface area contributed by atoms with Crippen molar-refractivity contribution >= 4 is 17.4 Å². The summed E-state index contributed by atoms with van der Waals surface area (Å²) in [6, 6.07) is 18.7. The van der Waals surface area contributed by atoms with Crippen LogP contribution in [0.1, 0.15) is 42.5 Å². The maximum absolute atomic E-state index is 13.5. The Balaban J connectivity index is 1.88. The van der Waals surface area contributed by atoms with Crippen molar-refractivity contribution in [3.05, 3.63) is 89.0 Å². The van der Waals surface area contributed by atoms with Crippen LogP contribution in [0.15, 0.2) is 72.3 Å². The third-order valence-electron chi connectivity index (χ3n) is 6.61. The number of amides is 1. The fourth-order valence-corrected chi connectivity index (χ4v) is 4.65. The van der Waals surface area contributed by atoms with Gasteiger partial charge in [0.1, 0.15) is 11.5 Å². The second-order valence-corrected chi connectivity index (χ2v) is 9.10. The number of carbonyl (C=O) groups is 2. The lowest BCUT2D eigenvalue weighted by Crippen LogP contribution is -2.29. The van der Waals surface area contributed by atoms with Crippen molar-refractivity contribution in [2.75, 3.05) is 27.9 Å². The molecule has 1 saturated heterocycles. The average molecular weight is 532 g/mol. The number of unbranched alkanes of at least 4 members (excludes halogenated alkanes) is 1. The molecular formula is C31H33NO7. The number of likely N-dealkylation sites (tertiary alicyclic amines) is 1. The van der Waals surface area contributed by atoms with Crippen LogP contribution in [0.25, 0.3) is 5.76 Å². The van der Waals surface area contributed by atoms with Crippen LogP contribution in [-0.4, -0.2) is 49.6 Å². The molecule has 0 aromatic heterocycles. The highest BCUT2D eigenvalue weighted by molar-refractivity contribution is 6.46. The zero-order chi connectivity index (χ0) is 27.9. The van der Waals surface area contributed by atoms with Crippen LogP contribution >= 0.6 is 0 Å². The Bertz CT molecular complexity index is 1340. The first-order valence-electron chi connectivity index (χ1n) is 12.8. The van der Waals surface area contributed by atoms with Crippen LogP contribution in [0.4, 0.5) is 0 Å². The number of ketones is 1. The summed E-state index contributed by atoms with van der Waals surface area (Å²) in [4.78, 5) is 28.4. The van der Waals surface area contributed by atoms with E-state index in [1.807, 2.05) is 30.3 Å². The molecule has 0 spiro atoms. The average Bonchev–Trinajstić information content (AvgIpc) is 3.21. The van der Waals surface area contributed by atoms with E-state index in [4.69, 9.17) is 18.9 Å². The molecule has 0 radical (unpaired) electrons. The summed E-state index contributed by atoms with van der Waals surface area (Å²) in [6.07, 6.45) is 1.88. The molecule has 1 atom stereocenters. The molecule has 3 aromatic rings. The number of rotatable bonds is 11. The van der Waals surface area contributed by atoms with E-state index in [0.717, 1.165) is 18.4 Å². The van der Waals surface area contributed by atoms with Crippen molar-refractivity contribution in [3.8, 4) is 23.0 Å². The number of Topliss-reactive ketones (excluding diaryl/α,β-unsaturated/α-hetero) is 1. The molecule has 0 saturated carbocycles. The monoisotopic (exact) mass is 531 g/mol. The standard InChI is InChI=1S/C31H33NO7/c1-5-6-15-39-23-14-10-13-21(16-23)28(33)26-27(22-17-24(36-2)30(38-4)25(18-22)37-3)32(31(35)29(26)34)19-20-11-8-7-9-12-20/h7-14,16-18,27,33H,5-6,15,19H2,1-4H3. The number of aliphatic hydroxyl groups is 1. The zero-order valence-corrected chi connectivity index (χ0v) is 22.6. The third-order valence-corrected chi connectivity index (χ3v) is 6.61. The van der Waals surface area contributed by atoms with Gasteiger partial charge in [-0.1, -0.05) is 55.8 Å². The molecule has 8 nitrogen and oxygen atoms in total. The number of hydrogen-bond acceptors (Lipinski definition) is 7. The number of carbonyl (C=O) groups excluding carboxylic acids is 2. The van der Waals surface area contributed by atoms with E-state index in [9.17, 15) is 14.7 Å². The Morgan fingerprint density at radius 2 is 1.59 bits per heavy atom. The molecule has 1 unspecified atom stereocenters. The van der Waals surface area contributed by atoms with Gasteiger partial charge >= 0.3 is 0 Å². The fraction of sp³-hybridized carbons (Fsp3) is 0.290. The largest absolute Gasteiger partial charge is 0.507 e. The van der Waals surface area contributed by atoms with Crippen LogP contribution < -0.4 is 18.9 Å². The first-order chi connectivity index (χ1) is 18.9. The first kappa shape index (κ1) is 27.6. The minimum absolute atomic E-state index is 0.0316. The lowest BCUT2D eigenvalue weighted by atomic mass is 9.94. The minimum Gasteiger partial charge on any atom is -0.507 e. The molecular weight excluding hydrogens is 498 g/mol. The van der Waals surface area contributed by atoms with Gasteiger partial charge in [0.2, 0.25) is 5.75 Å². The molecule has 1 amide bonds. The van der Waals surface area contributed by atoms with E-state index in [1.54, 1.807) is 36.4 Å². The molecule has 1 heterocycles. The Labute approximate surface area is 228 Å². The van der Waals surface area contributed by atoms with Gasteiger partial charge in [0.25, 0.3) is 11.7 Å². The van der Waals surface area contributed by atoms with Crippen molar-refractivity contribution < 1.29 is 33.6 Å². The van der Waals surface area contributed by atoms with Gasteiger partial charge in [-0.05, 0) is 41.8 Å². The minimum atomic E-state index is -0.913. The number of aliphatic hydroxyl groups excluding tert-OH is 1. The van der Waals surface area contributed by atoms with Gasteiger partial charge in [0.05, 0.1) is 39.6 Å². The van der Waals surface area contributed by atoms with Crippen molar-refractivity contribution in [2.45, 2.75) is 32.4 Å². The molecule has 4 rings (SSSR count). The van der Waals surface area contributed by atoms with Crippen molar-refractivity contribution in [3.63, 3.8) is 0 Å². The molecule has 3 aromatic carbocycles. The normalized spacial score (nSPS) is 16.3. The third kappa shape index (κ3) is 5.70. The summed E-state index contributed by atoms with van der Waals surface area (Å²) in [5, 5.41) is 11.5. The van der Waals surface area contributed by atoms with Crippen LogP contribution in [0, 0.1) is 0 Å². The molecule has 1 aliphatic rings. The summed E-state index contributed by atoms with van der Waals surface area (Å²) in [7, 11) is 4.48. The van der Waals surface area contributed by atoms with Crippen molar-refractivity contribution in [1.29, 1.82) is 0 Å². The van der Waals surface area contributed by atoms with Gasteiger partial charge in [-0.25, -0.2) is 0 Å². The fourth-order valence-electron chi connectivity index (χ4n) is 4.65. The molecule has 1 N–H and O–H groups in total. The maximum atomic E-state index is 13.5. The van der Waals surface area contributed by atoms with E-state index in [-0.39, 0.29) is 17.9 Å². The molecule has 204 valence electrons. The Morgan fingerprint density at radius 3 is 2.21 bits per heavy atom. The number of ether oxygens (including phenoxy) is 4. The second-order valence-electron chi connectivity index (χ2n) is 9.10. The molecule has 1 fully saturated rings. The quantitative estimate of drug-likeness (QED) is 0.151. The summed E-state index contributed by atoms with van der Waals surface area (Å²) < 4.78 is 22.3.